The third kappa shape index (κ3) is 13.7. The number of amides is 5. The fourth-order valence-electron chi connectivity index (χ4n) is 6.63. The van der Waals surface area contributed by atoms with E-state index in [-0.39, 0.29) is 38.2 Å². The Kier molecular flexibility index (Phi) is 15.9. The van der Waals surface area contributed by atoms with Crippen molar-refractivity contribution in [3.05, 3.63) is 142 Å². The molecule has 0 aliphatic carbocycles. The zero-order chi connectivity index (χ0) is 42.3. The molecule has 5 rings (SSSR count). The van der Waals surface area contributed by atoms with E-state index >= 15 is 0 Å². The number of nitrogens with zero attached hydrogens (tertiary/aromatic N) is 1. The topological polar surface area (TPSA) is 224 Å². The number of aliphatic imine (C=N–C) groups is 1. The maximum Gasteiger partial charge on any atom is 0.243 e. The number of fused-ring (bicyclic) bond motifs is 1. The van der Waals surface area contributed by atoms with Crippen LogP contribution in [0, 0.1) is 3.57 Å². The van der Waals surface area contributed by atoms with Crippen LogP contribution in [0.25, 0.3) is 21.9 Å². The first-order valence-corrected chi connectivity index (χ1v) is 20.3. The average molecular weight is 909 g/mol. The van der Waals surface area contributed by atoms with Crippen LogP contribution in [-0.4, -0.2) is 66.2 Å². The van der Waals surface area contributed by atoms with Gasteiger partial charge in [0.25, 0.3) is 0 Å². The summed E-state index contributed by atoms with van der Waals surface area (Å²) < 4.78 is 0.977. The largest absolute Gasteiger partial charge is 0.370 e. The molecule has 0 bridgehead atoms. The molecule has 0 unspecified atom stereocenters. The Morgan fingerprint density at radius 2 is 1.05 bits per heavy atom. The predicted molar refractivity (Wildman–Crippen MR) is 239 cm³/mol. The number of halogens is 1. The van der Waals surface area contributed by atoms with Crippen LogP contribution in [0.2, 0.25) is 0 Å². The van der Waals surface area contributed by atoms with Crippen molar-refractivity contribution in [2.24, 2.45) is 22.2 Å². The van der Waals surface area contributed by atoms with E-state index in [9.17, 15) is 24.0 Å². The first-order chi connectivity index (χ1) is 28.3. The van der Waals surface area contributed by atoms with Gasteiger partial charge in [-0.2, -0.15) is 0 Å². The highest BCUT2D eigenvalue weighted by molar-refractivity contribution is 14.1. The molecular formula is C45H49IN8O5. The highest BCUT2D eigenvalue weighted by atomic mass is 127. The van der Waals surface area contributed by atoms with Crippen LogP contribution in [0.4, 0.5) is 0 Å². The van der Waals surface area contributed by atoms with Gasteiger partial charge in [0.2, 0.25) is 29.5 Å². The fraction of sp³-hybridized carbons (Fsp3) is 0.244. The molecule has 59 heavy (non-hydrogen) atoms. The first kappa shape index (κ1) is 43.8. The van der Waals surface area contributed by atoms with Gasteiger partial charge >= 0.3 is 0 Å². The highest BCUT2D eigenvalue weighted by Crippen LogP contribution is 2.21. The number of hydrogen-bond donors (Lipinski definition) is 7. The Morgan fingerprint density at radius 1 is 0.559 bits per heavy atom. The summed E-state index contributed by atoms with van der Waals surface area (Å²) in [6.45, 7) is 1.48. The molecule has 0 radical (unpaired) electrons. The lowest BCUT2D eigenvalue weighted by atomic mass is 9.99. The standard InChI is InChI=1S/C45H49IN8O5/c1-28(55)51-39(25-29-13-18-34(19-14-29)32-8-3-2-4-9-32)43(58)52-37(12-7-23-50-45(48)49)42(57)54-40(26-30-16-21-36(46)22-17-30)44(59)53-38(41(47)56)27-31-15-20-33-10-5-6-11-35(33)24-31/h2-6,8-11,13-22,24,37-40H,7,12,23,25-27H2,1H3,(H2,47,56)(H,51,55)(H,52,58)(H,53,59)(H,54,57)(H4,48,49,50)/t37-,38-,39-,40+/m0/s1. The number of primary amides is 1. The molecule has 0 aromatic heterocycles. The van der Waals surface area contributed by atoms with E-state index < -0.39 is 53.7 Å². The minimum atomic E-state index is -1.17. The van der Waals surface area contributed by atoms with Crippen molar-refractivity contribution in [2.75, 3.05) is 6.54 Å². The molecule has 306 valence electrons. The van der Waals surface area contributed by atoms with Gasteiger partial charge in [0, 0.05) is 36.3 Å². The van der Waals surface area contributed by atoms with Gasteiger partial charge in [0.05, 0.1) is 0 Å². The number of benzene rings is 5. The lowest BCUT2D eigenvalue weighted by Gasteiger charge is -2.26. The molecule has 13 nitrogen and oxygen atoms in total. The molecule has 5 aromatic carbocycles. The van der Waals surface area contributed by atoms with Crippen molar-refractivity contribution in [3.8, 4) is 11.1 Å². The SMILES string of the molecule is CC(=O)N[C@@H](Cc1ccc(-c2ccccc2)cc1)C(=O)N[C@@H](CCCN=C(N)N)C(=O)N[C@H](Cc1ccc(I)cc1)C(=O)N[C@@H](Cc1ccc2ccccc2c1)C(N)=O. The van der Waals surface area contributed by atoms with Crippen molar-refractivity contribution >= 4 is 68.9 Å². The van der Waals surface area contributed by atoms with Gasteiger partial charge in [0.1, 0.15) is 24.2 Å². The van der Waals surface area contributed by atoms with Crippen LogP contribution in [0.1, 0.15) is 36.5 Å². The number of nitrogens with two attached hydrogens (primary N) is 3. The van der Waals surface area contributed by atoms with E-state index in [1.807, 2.05) is 121 Å². The summed E-state index contributed by atoms with van der Waals surface area (Å²) in [4.78, 5) is 71.3. The summed E-state index contributed by atoms with van der Waals surface area (Å²) in [6, 6.07) is 34.0. The van der Waals surface area contributed by atoms with Crippen LogP contribution >= 0.6 is 22.6 Å². The Balaban J connectivity index is 1.36. The Hall–Kier alpha value is -6.29. The zero-order valence-corrected chi connectivity index (χ0v) is 34.9. The normalized spacial score (nSPS) is 12.9. The van der Waals surface area contributed by atoms with E-state index in [1.54, 1.807) is 0 Å². The van der Waals surface area contributed by atoms with Gasteiger partial charge < -0.3 is 38.5 Å². The van der Waals surface area contributed by atoms with Gasteiger partial charge in [-0.15, -0.1) is 0 Å². The second kappa shape index (κ2) is 21.5. The van der Waals surface area contributed by atoms with E-state index in [0.717, 1.165) is 42.2 Å². The molecule has 0 heterocycles. The Morgan fingerprint density at radius 3 is 1.66 bits per heavy atom. The van der Waals surface area contributed by atoms with Crippen molar-refractivity contribution in [3.63, 3.8) is 0 Å². The lowest BCUT2D eigenvalue weighted by Crippen LogP contribution is -2.59. The number of guanidine groups is 1. The summed E-state index contributed by atoms with van der Waals surface area (Å²) in [5.41, 5.74) is 21.2. The van der Waals surface area contributed by atoms with Crippen molar-refractivity contribution in [1.82, 2.24) is 21.3 Å². The molecule has 5 amide bonds. The third-order valence-corrected chi connectivity index (χ3v) is 10.4. The van der Waals surface area contributed by atoms with Gasteiger partial charge in [-0.1, -0.05) is 109 Å². The molecule has 10 N–H and O–H groups in total. The number of carbonyl (C=O) groups is 5. The maximum absolute atomic E-state index is 14.2. The number of nitrogens with one attached hydrogen (secondary N) is 4. The molecule has 0 saturated heterocycles. The molecule has 0 aliphatic heterocycles. The smallest absolute Gasteiger partial charge is 0.243 e. The molecule has 0 spiro atoms. The van der Waals surface area contributed by atoms with Crippen LogP contribution in [0.5, 0.6) is 0 Å². The van der Waals surface area contributed by atoms with Crippen LogP contribution in [0.15, 0.2) is 126 Å². The molecule has 5 aromatic rings. The van der Waals surface area contributed by atoms with Crippen molar-refractivity contribution in [2.45, 2.75) is 63.2 Å². The summed E-state index contributed by atoms with van der Waals surface area (Å²) in [5, 5.41) is 13.1. The number of carbonyl (C=O) groups excluding carboxylic acids is 5. The summed E-state index contributed by atoms with van der Waals surface area (Å²) >= 11 is 2.17. The molecule has 14 heteroatoms. The van der Waals surface area contributed by atoms with E-state index in [1.165, 1.54) is 6.92 Å². The number of rotatable bonds is 19. The molecule has 0 aliphatic rings. The van der Waals surface area contributed by atoms with Crippen molar-refractivity contribution < 1.29 is 24.0 Å². The third-order valence-electron chi connectivity index (χ3n) is 9.67. The molecular weight excluding hydrogens is 859 g/mol. The monoisotopic (exact) mass is 908 g/mol. The summed E-state index contributed by atoms with van der Waals surface area (Å²) in [6.07, 6.45) is 0.728. The van der Waals surface area contributed by atoms with Crippen LogP contribution in [0.3, 0.4) is 0 Å². The summed E-state index contributed by atoms with van der Waals surface area (Å²) in [5.74, 6) is -3.19. The lowest BCUT2D eigenvalue weighted by molar-refractivity contribution is -0.134. The van der Waals surface area contributed by atoms with E-state index in [0.29, 0.717) is 6.42 Å². The van der Waals surface area contributed by atoms with E-state index in [4.69, 9.17) is 17.2 Å². The predicted octanol–water partition coefficient (Wildman–Crippen LogP) is 3.64. The van der Waals surface area contributed by atoms with E-state index in [2.05, 4.69) is 48.9 Å². The molecule has 0 fully saturated rings. The van der Waals surface area contributed by atoms with Gasteiger partial charge in [-0.05, 0) is 86.2 Å². The first-order valence-electron chi connectivity index (χ1n) is 19.2. The second-order valence-corrected chi connectivity index (χ2v) is 15.5. The fourth-order valence-corrected chi connectivity index (χ4v) is 6.99. The van der Waals surface area contributed by atoms with Crippen LogP contribution in [-0.2, 0) is 43.2 Å². The maximum atomic E-state index is 14.2. The van der Waals surface area contributed by atoms with Crippen molar-refractivity contribution in [1.29, 1.82) is 0 Å². The average Bonchev–Trinajstić information content (AvgIpc) is 3.22. The number of hydrogen-bond acceptors (Lipinski definition) is 6. The zero-order valence-electron chi connectivity index (χ0n) is 32.7. The highest BCUT2D eigenvalue weighted by Gasteiger charge is 2.31. The van der Waals surface area contributed by atoms with Gasteiger partial charge in [0.15, 0.2) is 5.96 Å². The molecule has 0 saturated carbocycles. The minimum absolute atomic E-state index is 0.0676. The minimum Gasteiger partial charge on any atom is -0.370 e. The summed E-state index contributed by atoms with van der Waals surface area (Å²) in [7, 11) is 0. The molecule has 4 atom stereocenters. The van der Waals surface area contributed by atoms with Gasteiger partial charge in [-0.25, -0.2) is 0 Å². The Labute approximate surface area is 357 Å². The Bertz CT molecular complexity index is 2260. The second-order valence-electron chi connectivity index (χ2n) is 14.3. The quantitative estimate of drug-likeness (QED) is 0.0282. The van der Waals surface area contributed by atoms with Gasteiger partial charge in [-0.3, -0.25) is 29.0 Å². The van der Waals surface area contributed by atoms with Crippen LogP contribution < -0.4 is 38.5 Å².